The molecular formula is C24H21N3O4. The van der Waals surface area contributed by atoms with Crippen LogP contribution in [0.15, 0.2) is 77.3 Å². The molecule has 4 rings (SSSR count). The SMILES string of the molecule is COc1cccc(NC(=O)CN(C)C(=O)c2ccc3noc(-c4ccccc4)c3c2)c1. The van der Waals surface area contributed by atoms with Gasteiger partial charge in [0.2, 0.25) is 5.91 Å². The Bertz CT molecular complexity index is 1230. The molecule has 7 nitrogen and oxygen atoms in total. The van der Waals surface area contributed by atoms with Gasteiger partial charge in [0.25, 0.3) is 5.91 Å². The number of carbonyl (C=O) groups is 2. The first-order valence-electron chi connectivity index (χ1n) is 9.69. The highest BCUT2D eigenvalue weighted by atomic mass is 16.5. The molecule has 0 fully saturated rings. The Kier molecular flexibility index (Phi) is 5.66. The predicted octanol–water partition coefficient (Wildman–Crippen LogP) is 4.21. The Balaban J connectivity index is 1.50. The molecule has 2 amide bonds. The van der Waals surface area contributed by atoms with Gasteiger partial charge in [0, 0.05) is 29.9 Å². The monoisotopic (exact) mass is 415 g/mol. The lowest BCUT2D eigenvalue weighted by molar-refractivity contribution is -0.116. The number of aromatic nitrogens is 1. The van der Waals surface area contributed by atoms with E-state index in [1.165, 1.54) is 4.90 Å². The van der Waals surface area contributed by atoms with Crippen molar-refractivity contribution in [3.63, 3.8) is 0 Å². The van der Waals surface area contributed by atoms with Gasteiger partial charge in [-0.15, -0.1) is 0 Å². The first kappa shape index (κ1) is 20.2. The van der Waals surface area contributed by atoms with Crippen molar-refractivity contribution >= 4 is 28.4 Å². The van der Waals surface area contributed by atoms with Crippen LogP contribution < -0.4 is 10.1 Å². The van der Waals surface area contributed by atoms with E-state index in [-0.39, 0.29) is 18.4 Å². The van der Waals surface area contributed by atoms with E-state index in [0.29, 0.717) is 28.3 Å². The molecule has 0 saturated carbocycles. The summed E-state index contributed by atoms with van der Waals surface area (Å²) in [5.41, 5.74) is 2.59. The van der Waals surface area contributed by atoms with E-state index in [1.54, 1.807) is 56.6 Å². The second kappa shape index (κ2) is 8.71. The molecule has 0 radical (unpaired) electrons. The van der Waals surface area contributed by atoms with Gasteiger partial charge >= 0.3 is 0 Å². The van der Waals surface area contributed by atoms with E-state index < -0.39 is 0 Å². The highest BCUT2D eigenvalue weighted by Crippen LogP contribution is 2.29. The summed E-state index contributed by atoms with van der Waals surface area (Å²) in [5, 5.41) is 7.59. The smallest absolute Gasteiger partial charge is 0.254 e. The van der Waals surface area contributed by atoms with Gasteiger partial charge in [0.05, 0.1) is 19.0 Å². The number of ether oxygens (including phenoxy) is 1. The molecule has 0 unspecified atom stereocenters. The molecule has 0 aliphatic carbocycles. The number of amides is 2. The number of hydrogen-bond acceptors (Lipinski definition) is 5. The molecule has 0 atom stereocenters. The van der Waals surface area contributed by atoms with E-state index in [9.17, 15) is 9.59 Å². The summed E-state index contributed by atoms with van der Waals surface area (Å²) in [7, 11) is 3.15. The van der Waals surface area contributed by atoms with Crippen LogP contribution in [0.3, 0.4) is 0 Å². The van der Waals surface area contributed by atoms with Gasteiger partial charge in [0.15, 0.2) is 5.76 Å². The summed E-state index contributed by atoms with van der Waals surface area (Å²) >= 11 is 0. The molecular weight excluding hydrogens is 394 g/mol. The Labute approximate surface area is 179 Å². The number of benzene rings is 3. The van der Waals surface area contributed by atoms with E-state index in [2.05, 4.69) is 10.5 Å². The van der Waals surface area contributed by atoms with Gasteiger partial charge in [-0.1, -0.05) is 41.6 Å². The molecule has 0 aliphatic rings. The van der Waals surface area contributed by atoms with Crippen molar-refractivity contribution < 1.29 is 18.8 Å². The molecule has 1 heterocycles. The average Bonchev–Trinajstić information content (AvgIpc) is 3.22. The maximum atomic E-state index is 12.9. The van der Waals surface area contributed by atoms with Crippen LogP contribution in [0.25, 0.3) is 22.2 Å². The standard InChI is InChI=1S/C24H21N3O4/c1-27(15-22(28)25-18-9-6-10-19(14-18)30-2)24(29)17-11-12-21-20(13-17)23(31-26-21)16-7-4-3-5-8-16/h3-14H,15H2,1-2H3,(H,25,28). The molecule has 0 saturated heterocycles. The predicted molar refractivity (Wildman–Crippen MR) is 118 cm³/mol. The molecule has 7 heteroatoms. The number of likely N-dealkylation sites (N-methyl/N-ethyl adjacent to an activating group) is 1. The zero-order valence-corrected chi connectivity index (χ0v) is 17.2. The fourth-order valence-corrected chi connectivity index (χ4v) is 3.28. The molecule has 31 heavy (non-hydrogen) atoms. The number of nitrogens with zero attached hydrogens (tertiary/aromatic N) is 2. The summed E-state index contributed by atoms with van der Waals surface area (Å²) in [6.07, 6.45) is 0. The largest absolute Gasteiger partial charge is 0.497 e. The normalized spacial score (nSPS) is 10.6. The fraction of sp³-hybridized carbons (Fsp3) is 0.125. The van der Waals surface area contributed by atoms with Crippen molar-refractivity contribution in [1.82, 2.24) is 10.1 Å². The van der Waals surface area contributed by atoms with E-state index in [0.717, 1.165) is 10.9 Å². The molecule has 1 N–H and O–H groups in total. The van der Waals surface area contributed by atoms with Gasteiger partial charge < -0.3 is 19.5 Å². The fourth-order valence-electron chi connectivity index (χ4n) is 3.28. The molecule has 0 bridgehead atoms. The highest BCUT2D eigenvalue weighted by Gasteiger charge is 2.18. The number of hydrogen-bond donors (Lipinski definition) is 1. The zero-order valence-electron chi connectivity index (χ0n) is 17.2. The lowest BCUT2D eigenvalue weighted by Crippen LogP contribution is -2.34. The number of anilines is 1. The van der Waals surface area contributed by atoms with Gasteiger partial charge in [-0.05, 0) is 30.3 Å². The van der Waals surface area contributed by atoms with Crippen molar-refractivity contribution in [1.29, 1.82) is 0 Å². The molecule has 3 aromatic carbocycles. The maximum Gasteiger partial charge on any atom is 0.254 e. The Morgan fingerprint density at radius 1 is 1.03 bits per heavy atom. The third-order valence-corrected chi connectivity index (χ3v) is 4.84. The summed E-state index contributed by atoms with van der Waals surface area (Å²) in [6, 6.07) is 21.8. The number of carbonyl (C=O) groups excluding carboxylic acids is 2. The summed E-state index contributed by atoms with van der Waals surface area (Å²) in [5.74, 6) is 0.658. The second-order valence-corrected chi connectivity index (χ2v) is 7.05. The van der Waals surface area contributed by atoms with Gasteiger partial charge in [-0.25, -0.2) is 0 Å². The van der Waals surface area contributed by atoms with Gasteiger partial charge in [-0.2, -0.15) is 0 Å². The number of fused-ring (bicyclic) bond motifs is 1. The Hall–Kier alpha value is -4.13. The Morgan fingerprint density at radius 3 is 2.61 bits per heavy atom. The quantitative estimate of drug-likeness (QED) is 0.510. The van der Waals surface area contributed by atoms with Gasteiger partial charge in [-0.3, -0.25) is 9.59 Å². The first-order chi connectivity index (χ1) is 15.0. The van der Waals surface area contributed by atoms with Crippen LogP contribution in [0, 0.1) is 0 Å². The lowest BCUT2D eigenvalue weighted by Gasteiger charge is -2.17. The molecule has 1 aromatic heterocycles. The number of nitrogens with one attached hydrogen (secondary N) is 1. The third kappa shape index (κ3) is 4.40. The van der Waals surface area contributed by atoms with Crippen LogP contribution in [-0.2, 0) is 4.79 Å². The second-order valence-electron chi connectivity index (χ2n) is 7.05. The maximum absolute atomic E-state index is 12.9. The van der Waals surface area contributed by atoms with E-state index in [1.807, 2.05) is 30.3 Å². The topological polar surface area (TPSA) is 84.7 Å². The van der Waals surface area contributed by atoms with Crippen LogP contribution in [0.2, 0.25) is 0 Å². The van der Waals surface area contributed by atoms with Gasteiger partial charge in [0.1, 0.15) is 11.3 Å². The number of methoxy groups -OCH3 is 1. The molecule has 0 aliphatic heterocycles. The van der Waals surface area contributed by atoms with Crippen molar-refractivity contribution in [3.8, 4) is 17.1 Å². The minimum absolute atomic E-state index is 0.0940. The minimum Gasteiger partial charge on any atom is -0.497 e. The molecule has 0 spiro atoms. The number of rotatable bonds is 6. The highest BCUT2D eigenvalue weighted by molar-refractivity contribution is 6.03. The van der Waals surface area contributed by atoms with Crippen molar-refractivity contribution in [3.05, 3.63) is 78.4 Å². The van der Waals surface area contributed by atoms with Crippen LogP contribution in [0.1, 0.15) is 10.4 Å². The average molecular weight is 415 g/mol. The molecule has 156 valence electrons. The lowest BCUT2D eigenvalue weighted by atomic mass is 10.1. The van der Waals surface area contributed by atoms with Crippen molar-refractivity contribution in [2.75, 3.05) is 26.0 Å². The summed E-state index contributed by atoms with van der Waals surface area (Å²) in [4.78, 5) is 26.7. The van der Waals surface area contributed by atoms with Crippen molar-refractivity contribution in [2.45, 2.75) is 0 Å². The Morgan fingerprint density at radius 2 is 1.84 bits per heavy atom. The summed E-state index contributed by atoms with van der Waals surface area (Å²) in [6.45, 7) is -0.0940. The molecule has 4 aromatic rings. The van der Waals surface area contributed by atoms with Crippen LogP contribution in [0.4, 0.5) is 5.69 Å². The minimum atomic E-state index is -0.305. The van der Waals surface area contributed by atoms with Crippen LogP contribution in [0.5, 0.6) is 5.75 Å². The van der Waals surface area contributed by atoms with E-state index in [4.69, 9.17) is 9.26 Å². The summed E-state index contributed by atoms with van der Waals surface area (Å²) < 4.78 is 10.7. The van der Waals surface area contributed by atoms with E-state index >= 15 is 0 Å². The van der Waals surface area contributed by atoms with Crippen LogP contribution in [-0.4, -0.2) is 42.6 Å². The first-order valence-corrected chi connectivity index (χ1v) is 9.69. The van der Waals surface area contributed by atoms with Crippen molar-refractivity contribution in [2.24, 2.45) is 0 Å². The zero-order chi connectivity index (χ0) is 21.8. The van der Waals surface area contributed by atoms with Crippen LogP contribution >= 0.6 is 0 Å². The third-order valence-electron chi connectivity index (χ3n) is 4.84.